The third-order valence-corrected chi connectivity index (χ3v) is 8.90. The molecule has 0 N–H and O–H groups in total. The van der Waals surface area contributed by atoms with Crippen LogP contribution in [0.3, 0.4) is 0 Å². The fourth-order valence-corrected chi connectivity index (χ4v) is 6.55. The number of carbonyl (C=O) groups excluding carboxylic acids is 3. The maximum atomic E-state index is 13.9. The number of esters is 1. The molecule has 9 heteroatoms. The molecule has 4 rings (SSSR count). The lowest BCUT2D eigenvalue weighted by molar-refractivity contribution is -0.159. The van der Waals surface area contributed by atoms with Crippen molar-refractivity contribution in [2.75, 3.05) is 12.0 Å². The number of anilines is 1. The van der Waals surface area contributed by atoms with E-state index in [-0.39, 0.29) is 51.9 Å². The first kappa shape index (κ1) is 24.2. The number of methoxy groups -OCH3 is 1. The monoisotopic (exact) mass is 485 g/mol. The maximum Gasteiger partial charge on any atom is 0.399 e. The van der Waals surface area contributed by atoms with Gasteiger partial charge in [0.05, 0.1) is 12.8 Å². The van der Waals surface area contributed by atoms with Gasteiger partial charge >= 0.3 is 12.1 Å². The molecular weight excluding hydrogens is 455 g/mol. The van der Waals surface area contributed by atoms with E-state index >= 15 is 0 Å². The van der Waals surface area contributed by atoms with Gasteiger partial charge in [0, 0.05) is 29.7 Å². The molecule has 33 heavy (non-hydrogen) atoms. The van der Waals surface area contributed by atoms with Crippen molar-refractivity contribution in [1.82, 2.24) is 0 Å². The van der Waals surface area contributed by atoms with Gasteiger partial charge in [-0.1, -0.05) is 6.92 Å². The van der Waals surface area contributed by atoms with Crippen molar-refractivity contribution in [3.8, 4) is 0 Å². The Morgan fingerprint density at radius 1 is 1.09 bits per heavy atom. The number of amides is 1. The topological polar surface area (TPSA) is 63.7 Å². The van der Waals surface area contributed by atoms with Gasteiger partial charge in [0.2, 0.25) is 5.91 Å². The van der Waals surface area contributed by atoms with E-state index in [0.717, 1.165) is 37.0 Å². The number of ether oxygens (including phenoxy) is 1. The zero-order valence-electron chi connectivity index (χ0n) is 19.0. The first-order valence-corrected chi connectivity index (χ1v) is 12.5. The molecule has 3 fully saturated rings. The normalized spacial score (nSPS) is 25.5. The summed E-state index contributed by atoms with van der Waals surface area (Å²) in [5.74, 6) is -0.452. The van der Waals surface area contributed by atoms with Gasteiger partial charge in [-0.2, -0.15) is 13.2 Å². The van der Waals surface area contributed by atoms with Gasteiger partial charge in [0.15, 0.2) is 0 Å². The summed E-state index contributed by atoms with van der Waals surface area (Å²) in [6.45, 7) is 2.15. The van der Waals surface area contributed by atoms with E-state index in [1.54, 1.807) is 4.90 Å². The zero-order valence-corrected chi connectivity index (χ0v) is 19.8. The second kappa shape index (κ2) is 9.04. The minimum absolute atomic E-state index is 0.0243. The van der Waals surface area contributed by atoms with Crippen LogP contribution in [0.1, 0.15) is 85.7 Å². The summed E-state index contributed by atoms with van der Waals surface area (Å²) < 4.78 is 46.5. The average molecular weight is 486 g/mol. The SMILES string of the molecule is COC(=O)c1sc(C2(C(F)(F)F)CC2)cc1N(C(=O)[C@H]1CC[C@H](C)CC1)C1CCC(=O)CC1. The van der Waals surface area contributed by atoms with Crippen LogP contribution in [0, 0.1) is 11.8 Å². The van der Waals surface area contributed by atoms with Crippen molar-refractivity contribution >= 4 is 34.7 Å². The number of thiophene rings is 1. The van der Waals surface area contributed by atoms with Crippen molar-refractivity contribution in [1.29, 1.82) is 0 Å². The van der Waals surface area contributed by atoms with Crippen molar-refractivity contribution in [2.45, 2.75) is 88.8 Å². The number of ketones is 1. The van der Waals surface area contributed by atoms with Crippen LogP contribution >= 0.6 is 11.3 Å². The first-order chi connectivity index (χ1) is 15.6. The molecule has 1 heterocycles. The minimum atomic E-state index is -4.42. The highest BCUT2D eigenvalue weighted by Gasteiger charge is 2.65. The van der Waals surface area contributed by atoms with Gasteiger partial charge in [0.25, 0.3) is 0 Å². The fraction of sp³-hybridized carbons (Fsp3) is 0.708. The number of nitrogens with zero attached hydrogens (tertiary/aromatic N) is 1. The van der Waals surface area contributed by atoms with Crippen LogP contribution in [0.5, 0.6) is 0 Å². The van der Waals surface area contributed by atoms with E-state index < -0.39 is 17.6 Å². The highest BCUT2D eigenvalue weighted by Crippen LogP contribution is 2.61. The molecule has 3 aliphatic carbocycles. The Balaban J connectivity index is 1.76. The lowest BCUT2D eigenvalue weighted by atomic mass is 9.81. The van der Waals surface area contributed by atoms with E-state index in [4.69, 9.17) is 4.74 Å². The van der Waals surface area contributed by atoms with Crippen molar-refractivity contribution in [3.05, 3.63) is 15.8 Å². The number of hydrogen-bond donors (Lipinski definition) is 0. The van der Waals surface area contributed by atoms with Gasteiger partial charge in [-0.15, -0.1) is 11.3 Å². The largest absolute Gasteiger partial charge is 0.465 e. The van der Waals surface area contributed by atoms with Gasteiger partial charge in [0.1, 0.15) is 16.1 Å². The number of rotatable bonds is 5. The predicted molar refractivity (Wildman–Crippen MR) is 118 cm³/mol. The summed E-state index contributed by atoms with van der Waals surface area (Å²) in [7, 11) is 1.19. The van der Waals surface area contributed by atoms with E-state index in [1.807, 2.05) is 0 Å². The van der Waals surface area contributed by atoms with Crippen molar-refractivity contribution in [2.24, 2.45) is 11.8 Å². The summed E-state index contributed by atoms with van der Waals surface area (Å²) in [5, 5.41) is 0. The van der Waals surface area contributed by atoms with Crippen molar-refractivity contribution < 1.29 is 32.3 Å². The number of Topliss-reactive ketones (excluding diaryl/α,β-unsaturated/α-hetero) is 1. The lowest BCUT2D eigenvalue weighted by Gasteiger charge is -2.37. The van der Waals surface area contributed by atoms with Gasteiger partial charge in [-0.3, -0.25) is 9.59 Å². The molecule has 0 bridgehead atoms. The van der Waals surface area contributed by atoms with Gasteiger partial charge in [-0.05, 0) is 63.4 Å². The predicted octanol–water partition coefficient (Wildman–Crippen LogP) is 5.80. The Hall–Kier alpha value is -1.90. The second-order valence-electron chi connectivity index (χ2n) is 9.83. The van der Waals surface area contributed by atoms with Crippen LogP contribution in [0.25, 0.3) is 0 Å². The number of carbonyl (C=O) groups is 3. The van der Waals surface area contributed by atoms with Crippen LogP contribution in [0.15, 0.2) is 6.07 Å². The smallest absolute Gasteiger partial charge is 0.399 e. The highest BCUT2D eigenvalue weighted by atomic mass is 32.1. The van der Waals surface area contributed by atoms with E-state index in [2.05, 4.69) is 6.92 Å². The summed E-state index contributed by atoms with van der Waals surface area (Å²) >= 11 is 0.790. The Labute approximate surface area is 195 Å². The first-order valence-electron chi connectivity index (χ1n) is 11.7. The summed E-state index contributed by atoms with van der Waals surface area (Å²) in [4.78, 5) is 39.9. The Morgan fingerprint density at radius 2 is 1.70 bits per heavy atom. The van der Waals surface area contributed by atoms with Crippen LogP contribution in [0.4, 0.5) is 18.9 Å². The molecule has 1 aromatic heterocycles. The van der Waals surface area contributed by atoms with E-state index in [0.29, 0.717) is 31.6 Å². The number of hydrogen-bond acceptors (Lipinski definition) is 5. The van der Waals surface area contributed by atoms with Gasteiger partial charge in [-0.25, -0.2) is 4.79 Å². The molecule has 5 nitrogen and oxygen atoms in total. The van der Waals surface area contributed by atoms with Gasteiger partial charge < -0.3 is 9.64 Å². The number of alkyl halides is 3. The molecule has 0 aromatic carbocycles. The van der Waals surface area contributed by atoms with Crippen molar-refractivity contribution in [3.63, 3.8) is 0 Å². The van der Waals surface area contributed by atoms with Crippen LogP contribution in [-0.2, 0) is 19.7 Å². The quantitative estimate of drug-likeness (QED) is 0.495. The second-order valence-corrected chi connectivity index (χ2v) is 10.9. The van der Waals surface area contributed by atoms with Crippen LogP contribution < -0.4 is 4.90 Å². The Morgan fingerprint density at radius 3 is 2.21 bits per heavy atom. The minimum Gasteiger partial charge on any atom is -0.465 e. The summed E-state index contributed by atoms with van der Waals surface area (Å²) in [6.07, 6.45) is 0.361. The lowest BCUT2D eigenvalue weighted by Crippen LogP contribution is -2.46. The molecule has 0 spiro atoms. The standard InChI is InChI=1S/C24H30F3NO4S/c1-14-3-5-15(6-4-14)21(30)28(16-7-9-17(29)10-8-16)18-13-19(33-20(18)22(31)32-2)23(11-12-23)24(25,26)27/h13-16H,3-12H2,1-2H3/t14-,15-. The molecule has 182 valence electrons. The number of halogens is 3. The molecule has 3 aliphatic rings. The molecule has 0 radical (unpaired) electrons. The molecular formula is C24H30F3NO4S. The zero-order chi connectivity index (χ0) is 24.0. The van der Waals surface area contributed by atoms with E-state index in [9.17, 15) is 27.6 Å². The summed E-state index contributed by atoms with van der Waals surface area (Å²) in [5.41, 5.74) is -1.73. The molecule has 0 atom stereocenters. The fourth-order valence-electron chi connectivity index (χ4n) is 5.21. The molecule has 0 aliphatic heterocycles. The highest BCUT2D eigenvalue weighted by molar-refractivity contribution is 7.14. The maximum absolute atomic E-state index is 13.9. The Bertz CT molecular complexity index is 919. The molecule has 0 saturated heterocycles. The molecule has 1 aromatic rings. The van der Waals surface area contributed by atoms with E-state index in [1.165, 1.54) is 13.2 Å². The third kappa shape index (κ3) is 4.57. The summed E-state index contributed by atoms with van der Waals surface area (Å²) in [6, 6.07) is 1.08. The van der Waals surface area contributed by atoms with Crippen LogP contribution in [-0.4, -0.2) is 37.0 Å². The average Bonchev–Trinajstić information content (AvgIpc) is 3.50. The molecule has 0 unspecified atom stereocenters. The Kier molecular flexibility index (Phi) is 6.64. The third-order valence-electron chi connectivity index (χ3n) is 7.59. The molecule has 1 amide bonds. The molecule has 3 saturated carbocycles. The van der Waals surface area contributed by atoms with Crippen LogP contribution in [0.2, 0.25) is 0 Å².